The van der Waals surface area contributed by atoms with Crippen LogP contribution in [-0.2, 0) is 17.9 Å². The highest BCUT2D eigenvalue weighted by atomic mass is 16.6. The Kier molecular flexibility index (Phi) is 7.06. The molecule has 3 aromatic carbocycles. The lowest BCUT2D eigenvalue weighted by atomic mass is 10.1. The quantitative estimate of drug-likeness (QED) is 0.209. The summed E-state index contributed by atoms with van der Waals surface area (Å²) in [6.45, 7) is 2.34. The number of nitro benzene ring substituents is 1. The van der Waals surface area contributed by atoms with Crippen molar-refractivity contribution < 1.29 is 24.0 Å². The largest absolute Gasteiger partial charge is 0.490 e. The molecule has 1 aliphatic rings. The molecule has 0 bridgehead atoms. The third-order valence-corrected chi connectivity index (χ3v) is 5.30. The molecule has 1 fully saturated rings. The van der Waals surface area contributed by atoms with Crippen LogP contribution < -0.4 is 14.8 Å². The molecule has 1 N–H and O–H groups in total. The van der Waals surface area contributed by atoms with Gasteiger partial charge in [-0.05, 0) is 42.3 Å². The summed E-state index contributed by atoms with van der Waals surface area (Å²) < 4.78 is 11.5. The fourth-order valence-corrected chi connectivity index (χ4v) is 3.62. The van der Waals surface area contributed by atoms with E-state index >= 15 is 0 Å². The minimum atomic E-state index is -0.487. The summed E-state index contributed by atoms with van der Waals surface area (Å²) in [5.41, 5.74) is 2.03. The Hall–Kier alpha value is -4.66. The lowest BCUT2D eigenvalue weighted by Crippen LogP contribution is -2.30. The highest BCUT2D eigenvalue weighted by Crippen LogP contribution is 2.31. The van der Waals surface area contributed by atoms with E-state index in [1.807, 2.05) is 37.3 Å². The first kappa shape index (κ1) is 23.5. The minimum absolute atomic E-state index is 0.0132. The second-order valence-corrected chi connectivity index (χ2v) is 7.68. The molecule has 0 spiro atoms. The zero-order chi connectivity index (χ0) is 24.8. The van der Waals surface area contributed by atoms with Crippen molar-refractivity contribution in [3.63, 3.8) is 0 Å². The van der Waals surface area contributed by atoms with Gasteiger partial charge in [0.25, 0.3) is 11.6 Å². The van der Waals surface area contributed by atoms with Crippen LogP contribution in [0.3, 0.4) is 0 Å². The molecular weight excluding hydrogens is 450 g/mol. The molecule has 178 valence electrons. The molecule has 0 aliphatic carbocycles. The Balaban J connectivity index is 1.52. The molecule has 0 radical (unpaired) electrons. The van der Waals surface area contributed by atoms with Crippen molar-refractivity contribution in [2.45, 2.75) is 20.1 Å². The fraction of sp³-hybridized carbons (Fsp3) is 0.154. The number of hydrogen-bond acceptors (Lipinski definition) is 6. The number of benzene rings is 3. The zero-order valence-electron chi connectivity index (χ0n) is 19.0. The SMILES string of the molecule is CCOc1cc(/C=C2/NC(=O)N(Cc3ccccc3)C2=O)ccc1OCc1ccccc1[N+](=O)[O-]. The number of nitrogens with one attached hydrogen (secondary N) is 1. The molecule has 0 unspecified atom stereocenters. The molecule has 0 aromatic heterocycles. The number of rotatable bonds is 9. The van der Waals surface area contributed by atoms with Gasteiger partial charge in [0, 0.05) is 6.07 Å². The van der Waals surface area contributed by atoms with Crippen molar-refractivity contribution in [3.8, 4) is 11.5 Å². The third kappa shape index (κ3) is 5.47. The predicted molar refractivity (Wildman–Crippen MR) is 129 cm³/mol. The van der Waals surface area contributed by atoms with E-state index in [0.717, 1.165) is 10.5 Å². The van der Waals surface area contributed by atoms with Gasteiger partial charge in [-0.1, -0.05) is 48.5 Å². The first-order valence-corrected chi connectivity index (χ1v) is 11.0. The molecular formula is C26H23N3O6. The van der Waals surface area contributed by atoms with Crippen LogP contribution in [-0.4, -0.2) is 28.4 Å². The van der Waals surface area contributed by atoms with Crippen molar-refractivity contribution in [1.29, 1.82) is 0 Å². The van der Waals surface area contributed by atoms with Gasteiger partial charge in [-0.25, -0.2) is 4.79 Å². The Morgan fingerprint density at radius 3 is 2.46 bits per heavy atom. The van der Waals surface area contributed by atoms with E-state index in [2.05, 4.69) is 5.32 Å². The number of urea groups is 1. The maximum Gasteiger partial charge on any atom is 0.329 e. The summed E-state index contributed by atoms with van der Waals surface area (Å²) in [7, 11) is 0. The lowest BCUT2D eigenvalue weighted by Gasteiger charge is -2.13. The summed E-state index contributed by atoms with van der Waals surface area (Å²) in [6, 6.07) is 20.2. The topological polar surface area (TPSA) is 111 Å². The van der Waals surface area contributed by atoms with Gasteiger partial charge in [-0.15, -0.1) is 0 Å². The predicted octanol–water partition coefficient (Wildman–Crippen LogP) is 4.67. The number of carbonyl (C=O) groups is 2. The second kappa shape index (κ2) is 10.5. The number of carbonyl (C=O) groups excluding carboxylic acids is 2. The van der Waals surface area contributed by atoms with Gasteiger partial charge in [0.15, 0.2) is 11.5 Å². The smallest absolute Gasteiger partial charge is 0.329 e. The molecule has 0 atom stereocenters. The van der Waals surface area contributed by atoms with Crippen molar-refractivity contribution >= 4 is 23.7 Å². The Labute approximate surface area is 201 Å². The van der Waals surface area contributed by atoms with Crippen LogP contribution in [0.5, 0.6) is 11.5 Å². The van der Waals surface area contributed by atoms with E-state index in [0.29, 0.717) is 29.2 Å². The Morgan fingerprint density at radius 1 is 0.971 bits per heavy atom. The standard InChI is InChI=1S/C26H23N3O6/c1-2-34-24-15-19(12-13-23(24)35-17-20-10-6-7-11-22(20)29(32)33)14-21-25(30)28(26(31)27-21)16-18-8-4-3-5-9-18/h3-15H,2,16-17H2,1H3,(H,27,31)/b21-14+. The second-order valence-electron chi connectivity index (χ2n) is 7.68. The first-order valence-electron chi connectivity index (χ1n) is 11.0. The normalized spacial score (nSPS) is 14.2. The highest BCUT2D eigenvalue weighted by Gasteiger charge is 2.33. The van der Waals surface area contributed by atoms with Gasteiger partial charge >= 0.3 is 6.03 Å². The number of amides is 3. The minimum Gasteiger partial charge on any atom is -0.490 e. The fourth-order valence-electron chi connectivity index (χ4n) is 3.62. The number of ether oxygens (including phenoxy) is 2. The summed E-state index contributed by atoms with van der Waals surface area (Å²) in [5, 5.41) is 13.9. The van der Waals surface area contributed by atoms with Gasteiger partial charge in [0.2, 0.25) is 0 Å². The Morgan fingerprint density at radius 2 is 1.71 bits per heavy atom. The van der Waals surface area contributed by atoms with Gasteiger partial charge in [0.1, 0.15) is 12.3 Å². The third-order valence-electron chi connectivity index (χ3n) is 5.30. The average Bonchev–Trinajstić information content (AvgIpc) is 3.12. The Bertz CT molecular complexity index is 1290. The molecule has 35 heavy (non-hydrogen) atoms. The molecule has 4 rings (SSSR count). The average molecular weight is 473 g/mol. The summed E-state index contributed by atoms with van der Waals surface area (Å²) in [6.07, 6.45) is 1.57. The van der Waals surface area contributed by atoms with Crippen LogP contribution in [0.15, 0.2) is 78.5 Å². The van der Waals surface area contributed by atoms with E-state index in [1.54, 1.807) is 42.5 Å². The first-order chi connectivity index (χ1) is 17.0. The maximum absolute atomic E-state index is 12.8. The summed E-state index contributed by atoms with van der Waals surface area (Å²) >= 11 is 0. The molecule has 0 saturated carbocycles. The number of imide groups is 1. The summed E-state index contributed by atoms with van der Waals surface area (Å²) in [5.74, 6) is 0.395. The number of nitrogens with zero attached hydrogens (tertiary/aromatic N) is 2. The monoisotopic (exact) mass is 473 g/mol. The summed E-state index contributed by atoms with van der Waals surface area (Å²) in [4.78, 5) is 37.1. The zero-order valence-corrected chi connectivity index (χ0v) is 19.0. The highest BCUT2D eigenvalue weighted by molar-refractivity contribution is 6.13. The van der Waals surface area contributed by atoms with Crippen molar-refractivity contribution in [2.75, 3.05) is 6.61 Å². The molecule has 3 amide bonds. The van der Waals surface area contributed by atoms with Crippen molar-refractivity contribution in [3.05, 3.63) is 105 Å². The maximum atomic E-state index is 12.8. The van der Waals surface area contributed by atoms with Crippen LogP contribution in [0, 0.1) is 10.1 Å². The lowest BCUT2D eigenvalue weighted by molar-refractivity contribution is -0.385. The van der Waals surface area contributed by atoms with E-state index in [9.17, 15) is 19.7 Å². The molecule has 3 aromatic rings. The molecule has 9 heteroatoms. The number of para-hydroxylation sites is 1. The molecule has 9 nitrogen and oxygen atoms in total. The van der Waals surface area contributed by atoms with Crippen LogP contribution >= 0.6 is 0 Å². The van der Waals surface area contributed by atoms with E-state index in [-0.39, 0.29) is 24.5 Å². The van der Waals surface area contributed by atoms with Gasteiger partial charge in [-0.3, -0.25) is 19.8 Å². The van der Waals surface area contributed by atoms with Crippen molar-refractivity contribution in [1.82, 2.24) is 10.2 Å². The van der Waals surface area contributed by atoms with Gasteiger partial charge in [0.05, 0.1) is 23.6 Å². The van der Waals surface area contributed by atoms with Gasteiger partial charge in [-0.2, -0.15) is 0 Å². The van der Waals surface area contributed by atoms with Crippen LogP contribution in [0.25, 0.3) is 6.08 Å². The molecule has 1 heterocycles. The van der Waals surface area contributed by atoms with Crippen LogP contribution in [0.2, 0.25) is 0 Å². The van der Waals surface area contributed by atoms with E-state index in [1.165, 1.54) is 6.07 Å². The van der Waals surface area contributed by atoms with Gasteiger partial charge < -0.3 is 14.8 Å². The van der Waals surface area contributed by atoms with Crippen LogP contribution in [0.1, 0.15) is 23.6 Å². The van der Waals surface area contributed by atoms with E-state index in [4.69, 9.17) is 9.47 Å². The molecule has 1 aliphatic heterocycles. The van der Waals surface area contributed by atoms with E-state index < -0.39 is 16.9 Å². The van der Waals surface area contributed by atoms with Crippen molar-refractivity contribution in [2.24, 2.45) is 0 Å². The molecule has 1 saturated heterocycles. The number of nitro groups is 1. The van der Waals surface area contributed by atoms with Crippen LogP contribution in [0.4, 0.5) is 10.5 Å². The number of hydrogen-bond donors (Lipinski definition) is 1.